The molecule has 188 valence electrons. The van der Waals surface area contributed by atoms with Gasteiger partial charge in [-0.2, -0.15) is 0 Å². The molecule has 1 aromatic carbocycles. The van der Waals surface area contributed by atoms with Gasteiger partial charge in [-0.1, -0.05) is 45.0 Å². The molecule has 2 aromatic rings. The zero-order chi connectivity index (χ0) is 24.5. The van der Waals surface area contributed by atoms with Gasteiger partial charge in [0.15, 0.2) is 0 Å². The van der Waals surface area contributed by atoms with E-state index in [1.165, 1.54) is 10.4 Å². The van der Waals surface area contributed by atoms with Gasteiger partial charge in [0.05, 0.1) is 28.6 Å². The van der Waals surface area contributed by atoms with Gasteiger partial charge in [-0.25, -0.2) is 13.8 Å². The number of hydrogen-bond donors (Lipinski definition) is 3. The Morgan fingerprint density at radius 2 is 1.88 bits per heavy atom. The Kier molecular flexibility index (Phi) is 9.15. The molecule has 1 aliphatic heterocycles. The van der Waals surface area contributed by atoms with Crippen LogP contribution in [0.2, 0.25) is 0 Å². The number of aromatic nitrogens is 1. The summed E-state index contributed by atoms with van der Waals surface area (Å²) in [6.07, 6.45) is -3.31. The fraction of sp³-hybridized carbons (Fsp3) is 0.522. The number of likely N-dealkylation sites (tertiary alicyclic amines) is 1. The number of carbonyl (C=O) groups excluding carboxylic acids is 2. The maximum absolute atomic E-state index is 13.1. The average molecular weight is 517 g/mol. The van der Waals surface area contributed by atoms with Crippen molar-refractivity contribution in [2.24, 2.45) is 11.1 Å². The van der Waals surface area contributed by atoms with Crippen molar-refractivity contribution in [3.8, 4) is 10.4 Å². The molecule has 2 amide bonds. The molecule has 2 heterocycles. The molecular weight excluding hydrogens is 486 g/mol. The van der Waals surface area contributed by atoms with E-state index in [2.05, 4.69) is 10.3 Å². The topological polar surface area (TPSA) is 109 Å². The molecule has 1 aromatic heterocycles. The molecule has 1 fully saturated rings. The summed E-state index contributed by atoms with van der Waals surface area (Å²) in [6.45, 7) is 7.39. The highest BCUT2D eigenvalue weighted by atomic mass is 35.5. The molecule has 1 saturated heterocycles. The van der Waals surface area contributed by atoms with Gasteiger partial charge >= 0.3 is 0 Å². The Bertz CT molecular complexity index is 997. The zero-order valence-electron chi connectivity index (χ0n) is 19.5. The normalized spacial score (nSPS) is 20.1. The van der Waals surface area contributed by atoms with Crippen LogP contribution in [0.3, 0.4) is 0 Å². The first-order valence-electron chi connectivity index (χ1n) is 10.8. The average Bonchev–Trinajstić information content (AvgIpc) is 3.39. The molecule has 0 unspecified atom stereocenters. The minimum Gasteiger partial charge on any atom is -0.391 e. The Hall–Kier alpha value is -2.14. The van der Waals surface area contributed by atoms with Gasteiger partial charge in [0.25, 0.3) is 6.43 Å². The predicted molar refractivity (Wildman–Crippen MR) is 130 cm³/mol. The third kappa shape index (κ3) is 6.10. The molecule has 0 bridgehead atoms. The molecule has 0 radical (unpaired) electrons. The number of rotatable bonds is 6. The number of nitrogens with zero attached hydrogens (tertiary/aromatic N) is 2. The maximum atomic E-state index is 13.1. The van der Waals surface area contributed by atoms with E-state index in [1.807, 2.05) is 20.8 Å². The number of carbonyl (C=O) groups is 2. The molecule has 0 saturated carbocycles. The van der Waals surface area contributed by atoms with E-state index in [4.69, 9.17) is 5.73 Å². The van der Waals surface area contributed by atoms with E-state index in [-0.39, 0.29) is 42.9 Å². The summed E-state index contributed by atoms with van der Waals surface area (Å²) in [6, 6.07) is 4.95. The van der Waals surface area contributed by atoms with Crippen molar-refractivity contribution >= 4 is 35.6 Å². The van der Waals surface area contributed by atoms with E-state index < -0.39 is 36.1 Å². The molecule has 4 N–H and O–H groups in total. The van der Waals surface area contributed by atoms with Gasteiger partial charge in [0, 0.05) is 13.0 Å². The summed E-state index contributed by atoms with van der Waals surface area (Å²) in [4.78, 5) is 31.4. The summed E-state index contributed by atoms with van der Waals surface area (Å²) in [5.74, 6) is -0.740. The molecule has 4 atom stereocenters. The zero-order valence-corrected chi connectivity index (χ0v) is 21.1. The van der Waals surface area contributed by atoms with Crippen LogP contribution in [0.15, 0.2) is 29.8 Å². The van der Waals surface area contributed by atoms with Gasteiger partial charge in [0.1, 0.15) is 11.7 Å². The number of aliphatic hydroxyl groups excluding tert-OH is 1. The summed E-state index contributed by atoms with van der Waals surface area (Å²) < 4.78 is 26.2. The van der Waals surface area contributed by atoms with Crippen molar-refractivity contribution in [3.63, 3.8) is 0 Å². The molecule has 3 rings (SSSR count). The van der Waals surface area contributed by atoms with Crippen LogP contribution in [-0.4, -0.2) is 51.5 Å². The summed E-state index contributed by atoms with van der Waals surface area (Å²) in [5, 5.41) is 13.0. The van der Waals surface area contributed by atoms with E-state index in [0.29, 0.717) is 10.4 Å². The number of amides is 2. The Labute approximate surface area is 208 Å². The standard InChI is InChI=1S/C23H30F2N4O3S.ClH/c1-12(13-5-7-14(8-6-13)18-17(20(24)25)27-11-33-18)28-21(31)16-9-15(30)10-29(16)22(32)19(26)23(2,3)4;/h5-8,11-12,15-16,19-20,30H,9-10,26H2,1-4H3,(H,28,31);1H/t12-,15+,16-,19+;/m0./s1. The van der Waals surface area contributed by atoms with Crippen LogP contribution in [-0.2, 0) is 9.59 Å². The second-order valence-electron chi connectivity index (χ2n) is 9.46. The Morgan fingerprint density at radius 1 is 1.26 bits per heavy atom. The molecule has 1 aliphatic rings. The molecule has 7 nitrogen and oxygen atoms in total. The first-order chi connectivity index (χ1) is 15.4. The number of hydrogen-bond acceptors (Lipinski definition) is 6. The second-order valence-corrected chi connectivity index (χ2v) is 10.3. The second kappa shape index (κ2) is 11.1. The van der Waals surface area contributed by atoms with Gasteiger partial charge in [-0.3, -0.25) is 9.59 Å². The van der Waals surface area contributed by atoms with Crippen molar-refractivity contribution in [1.29, 1.82) is 0 Å². The molecule has 11 heteroatoms. The first kappa shape index (κ1) is 28.1. The monoisotopic (exact) mass is 516 g/mol. The minimum atomic E-state index is -2.65. The SMILES string of the molecule is C[C@H](NC(=O)[C@@H]1C[C@@H](O)CN1C(=O)[C@@H](N)C(C)(C)C)c1ccc(-c2scnc2C(F)F)cc1.Cl. The third-order valence-corrected chi connectivity index (χ3v) is 6.79. The van der Waals surface area contributed by atoms with Crippen molar-refractivity contribution in [1.82, 2.24) is 15.2 Å². The Morgan fingerprint density at radius 3 is 2.44 bits per heavy atom. The lowest BCUT2D eigenvalue weighted by atomic mass is 9.86. The number of β-amino-alcohol motifs (C(OH)–C–C–N with tert-alkyl or cyclic N) is 1. The lowest BCUT2D eigenvalue weighted by Gasteiger charge is -2.32. The highest BCUT2D eigenvalue weighted by molar-refractivity contribution is 7.13. The van der Waals surface area contributed by atoms with E-state index in [9.17, 15) is 23.5 Å². The van der Waals surface area contributed by atoms with Gasteiger partial charge < -0.3 is 21.1 Å². The van der Waals surface area contributed by atoms with Gasteiger partial charge in [-0.15, -0.1) is 23.7 Å². The van der Waals surface area contributed by atoms with Crippen LogP contribution < -0.4 is 11.1 Å². The highest BCUT2D eigenvalue weighted by Gasteiger charge is 2.42. The van der Waals surface area contributed by atoms with E-state index in [0.717, 1.165) is 16.9 Å². The fourth-order valence-corrected chi connectivity index (χ4v) is 4.60. The summed E-state index contributed by atoms with van der Waals surface area (Å²) in [5.41, 5.74) is 8.17. The highest BCUT2D eigenvalue weighted by Crippen LogP contribution is 2.34. The number of halogens is 3. The number of benzene rings is 1. The van der Waals surface area contributed by atoms with E-state index in [1.54, 1.807) is 31.2 Å². The summed E-state index contributed by atoms with van der Waals surface area (Å²) in [7, 11) is 0. The number of thiazole rings is 1. The van der Waals surface area contributed by atoms with Gasteiger partial charge in [-0.05, 0) is 23.5 Å². The minimum absolute atomic E-state index is 0. The third-order valence-electron chi connectivity index (χ3n) is 5.90. The predicted octanol–water partition coefficient (Wildman–Crippen LogP) is 3.68. The van der Waals surface area contributed by atoms with Crippen LogP contribution >= 0.6 is 23.7 Å². The van der Waals surface area contributed by atoms with Crippen LogP contribution in [0.25, 0.3) is 10.4 Å². The fourth-order valence-electron chi connectivity index (χ4n) is 3.80. The van der Waals surface area contributed by atoms with E-state index >= 15 is 0 Å². The largest absolute Gasteiger partial charge is 0.391 e. The van der Waals surface area contributed by atoms with Crippen LogP contribution in [0.4, 0.5) is 8.78 Å². The molecular formula is C23H31ClF2N4O3S. The lowest BCUT2D eigenvalue weighted by Crippen LogP contribution is -2.55. The number of aliphatic hydroxyl groups is 1. The number of nitrogens with two attached hydrogens (primary N) is 1. The number of nitrogens with one attached hydrogen (secondary N) is 1. The molecule has 0 aliphatic carbocycles. The Balaban J connectivity index is 0.00000408. The first-order valence-corrected chi connectivity index (χ1v) is 11.6. The maximum Gasteiger partial charge on any atom is 0.281 e. The molecule has 34 heavy (non-hydrogen) atoms. The van der Waals surface area contributed by atoms with Crippen molar-refractivity contribution in [3.05, 3.63) is 41.0 Å². The lowest BCUT2D eigenvalue weighted by molar-refractivity contribution is -0.141. The van der Waals surface area contributed by atoms with Gasteiger partial charge in [0.2, 0.25) is 11.8 Å². The van der Waals surface area contributed by atoms with Crippen LogP contribution in [0.1, 0.15) is 57.8 Å². The molecule has 0 spiro atoms. The van der Waals surface area contributed by atoms with Crippen molar-refractivity contribution in [2.75, 3.05) is 6.54 Å². The number of alkyl halides is 2. The smallest absolute Gasteiger partial charge is 0.281 e. The van der Waals surface area contributed by atoms with Crippen molar-refractivity contribution < 1.29 is 23.5 Å². The van der Waals surface area contributed by atoms with Crippen molar-refractivity contribution in [2.45, 2.75) is 64.8 Å². The van der Waals surface area contributed by atoms with Crippen LogP contribution in [0.5, 0.6) is 0 Å². The quantitative estimate of drug-likeness (QED) is 0.542. The van der Waals surface area contributed by atoms with Crippen LogP contribution in [0, 0.1) is 5.41 Å². The summed E-state index contributed by atoms with van der Waals surface area (Å²) >= 11 is 1.15.